The van der Waals surface area contributed by atoms with Gasteiger partial charge in [-0.15, -0.1) is 11.8 Å². The maximum absolute atomic E-state index is 12.5. The molecule has 2 heterocycles. The Morgan fingerprint density at radius 2 is 1.94 bits per heavy atom. The fraction of sp³-hybridized carbons (Fsp3) is 0.360. The van der Waals surface area contributed by atoms with Crippen molar-refractivity contribution in [3.8, 4) is 0 Å². The summed E-state index contributed by atoms with van der Waals surface area (Å²) < 4.78 is 7.70. The van der Waals surface area contributed by atoms with E-state index in [1.54, 1.807) is 0 Å². The summed E-state index contributed by atoms with van der Waals surface area (Å²) in [7, 11) is 0. The quantitative estimate of drug-likeness (QED) is 0.486. The lowest BCUT2D eigenvalue weighted by molar-refractivity contribution is -0.119. The van der Waals surface area contributed by atoms with Gasteiger partial charge in [0.1, 0.15) is 0 Å². The van der Waals surface area contributed by atoms with Crippen LogP contribution in [0.15, 0.2) is 59.6 Å². The number of carbonyl (C=O) groups is 2. The molecule has 3 aromatic rings. The van der Waals surface area contributed by atoms with Gasteiger partial charge in [-0.3, -0.25) is 9.59 Å². The normalized spacial score (nSPS) is 15.7. The number of carbonyl (C=O) groups excluding carboxylic acids is 2. The second-order valence-electron chi connectivity index (χ2n) is 8.00. The summed E-state index contributed by atoms with van der Waals surface area (Å²) >= 11 is 1.54. The minimum absolute atomic E-state index is 0.0211. The summed E-state index contributed by atoms with van der Waals surface area (Å²) in [6.07, 6.45) is 4.31. The van der Waals surface area contributed by atoms with Crippen molar-refractivity contribution in [3.63, 3.8) is 0 Å². The molecular formula is C25H29N3O3S. The highest BCUT2D eigenvalue weighted by atomic mass is 32.2. The van der Waals surface area contributed by atoms with Gasteiger partial charge in [0.25, 0.3) is 5.91 Å². The molecule has 168 valence electrons. The Hall–Kier alpha value is -2.77. The van der Waals surface area contributed by atoms with Gasteiger partial charge in [0.15, 0.2) is 0 Å². The van der Waals surface area contributed by atoms with Gasteiger partial charge >= 0.3 is 0 Å². The Morgan fingerprint density at radius 1 is 1.12 bits per heavy atom. The van der Waals surface area contributed by atoms with E-state index in [1.807, 2.05) is 43.3 Å². The van der Waals surface area contributed by atoms with Gasteiger partial charge in [0.2, 0.25) is 5.91 Å². The van der Waals surface area contributed by atoms with Crippen LogP contribution in [-0.4, -0.2) is 47.9 Å². The van der Waals surface area contributed by atoms with Gasteiger partial charge in [0.05, 0.1) is 11.9 Å². The minimum atomic E-state index is -0.0583. The van der Waals surface area contributed by atoms with Crippen LogP contribution in [0.5, 0.6) is 0 Å². The van der Waals surface area contributed by atoms with Crippen LogP contribution >= 0.6 is 11.8 Å². The zero-order chi connectivity index (χ0) is 22.3. The Bertz CT molecular complexity index is 1090. The lowest BCUT2D eigenvalue weighted by Gasteiger charge is -2.10. The van der Waals surface area contributed by atoms with Crippen molar-refractivity contribution in [3.05, 3.63) is 65.9 Å². The van der Waals surface area contributed by atoms with Gasteiger partial charge in [-0.2, -0.15) is 0 Å². The number of amides is 2. The van der Waals surface area contributed by atoms with E-state index in [0.717, 1.165) is 40.8 Å². The fourth-order valence-corrected chi connectivity index (χ4v) is 4.87. The molecule has 0 unspecified atom stereocenters. The van der Waals surface area contributed by atoms with Crippen molar-refractivity contribution in [2.75, 3.05) is 25.4 Å². The van der Waals surface area contributed by atoms with E-state index in [9.17, 15) is 9.59 Å². The molecule has 0 spiro atoms. The molecule has 0 aliphatic carbocycles. The topological polar surface area (TPSA) is 72.4 Å². The number of aromatic nitrogens is 1. The number of ether oxygens (including phenoxy) is 1. The number of benzene rings is 2. The third kappa shape index (κ3) is 5.53. The van der Waals surface area contributed by atoms with E-state index in [1.165, 1.54) is 11.8 Å². The molecule has 0 radical (unpaired) electrons. The number of nitrogens with one attached hydrogen (secondary N) is 2. The number of nitrogens with zero attached hydrogens (tertiary/aromatic N) is 1. The molecule has 2 N–H and O–H groups in total. The zero-order valence-corrected chi connectivity index (χ0v) is 19.1. The van der Waals surface area contributed by atoms with Crippen LogP contribution in [0.3, 0.4) is 0 Å². The predicted molar refractivity (Wildman–Crippen MR) is 128 cm³/mol. The summed E-state index contributed by atoms with van der Waals surface area (Å²) in [5, 5.41) is 7.11. The van der Waals surface area contributed by atoms with Crippen molar-refractivity contribution in [1.82, 2.24) is 15.2 Å². The predicted octanol–water partition coefficient (Wildman–Crippen LogP) is 3.77. The highest BCUT2D eigenvalue weighted by Gasteiger charge is 2.17. The molecule has 1 atom stereocenters. The second-order valence-corrected chi connectivity index (χ2v) is 9.02. The van der Waals surface area contributed by atoms with E-state index in [0.29, 0.717) is 31.0 Å². The second kappa shape index (κ2) is 10.7. The molecule has 2 aromatic carbocycles. The van der Waals surface area contributed by atoms with E-state index in [4.69, 9.17) is 4.74 Å². The van der Waals surface area contributed by atoms with Crippen molar-refractivity contribution in [2.24, 2.45) is 0 Å². The van der Waals surface area contributed by atoms with E-state index in [-0.39, 0.29) is 17.9 Å². The smallest absolute Gasteiger partial charge is 0.251 e. The lowest BCUT2D eigenvalue weighted by atomic mass is 10.1. The van der Waals surface area contributed by atoms with E-state index in [2.05, 4.69) is 33.5 Å². The molecule has 1 aromatic heterocycles. The summed E-state index contributed by atoms with van der Waals surface area (Å²) in [6, 6.07) is 15.7. The Labute approximate surface area is 192 Å². The highest BCUT2D eigenvalue weighted by Crippen LogP contribution is 2.29. The maximum Gasteiger partial charge on any atom is 0.251 e. The van der Waals surface area contributed by atoms with Gasteiger partial charge in [-0.05, 0) is 37.5 Å². The average Bonchev–Trinajstić information content (AvgIpc) is 3.45. The molecule has 1 saturated heterocycles. The Morgan fingerprint density at radius 3 is 2.75 bits per heavy atom. The first-order chi connectivity index (χ1) is 15.6. The number of hydrogen-bond donors (Lipinski definition) is 2. The first kappa shape index (κ1) is 22.4. The van der Waals surface area contributed by atoms with Crippen LogP contribution < -0.4 is 10.6 Å². The SMILES string of the molecule is Cc1ccccc1C(=O)NCCn1cc(SCC(=O)NC[C@H]2CCCO2)c2ccccc21. The monoisotopic (exact) mass is 451 g/mol. The molecule has 2 amide bonds. The molecule has 6 nitrogen and oxygen atoms in total. The van der Waals surface area contributed by atoms with Crippen molar-refractivity contribution >= 4 is 34.5 Å². The van der Waals surface area contributed by atoms with Gasteiger partial charge < -0.3 is 19.9 Å². The molecule has 7 heteroatoms. The molecule has 32 heavy (non-hydrogen) atoms. The molecule has 0 saturated carbocycles. The van der Waals surface area contributed by atoms with Crippen molar-refractivity contribution in [1.29, 1.82) is 0 Å². The number of thioether (sulfide) groups is 1. The summed E-state index contributed by atoms with van der Waals surface area (Å²) in [5.74, 6) is 0.329. The number of rotatable bonds is 9. The number of hydrogen-bond acceptors (Lipinski definition) is 4. The third-order valence-corrected chi connectivity index (χ3v) is 6.73. The molecule has 0 bridgehead atoms. The van der Waals surface area contributed by atoms with Crippen LogP contribution in [0, 0.1) is 6.92 Å². The Balaban J connectivity index is 1.34. The average molecular weight is 452 g/mol. The van der Waals surface area contributed by atoms with Crippen LogP contribution in [-0.2, 0) is 16.1 Å². The van der Waals surface area contributed by atoms with E-state index >= 15 is 0 Å². The molecule has 1 fully saturated rings. The minimum Gasteiger partial charge on any atom is -0.376 e. The number of aryl methyl sites for hydroxylation is 1. The molecule has 4 rings (SSSR count). The van der Waals surface area contributed by atoms with Crippen molar-refractivity contribution < 1.29 is 14.3 Å². The van der Waals surface area contributed by atoms with Gasteiger partial charge in [-0.1, -0.05) is 36.4 Å². The van der Waals surface area contributed by atoms with E-state index < -0.39 is 0 Å². The first-order valence-corrected chi connectivity index (χ1v) is 12.0. The maximum atomic E-state index is 12.5. The summed E-state index contributed by atoms with van der Waals surface area (Å²) in [4.78, 5) is 25.8. The van der Waals surface area contributed by atoms with Crippen LogP contribution in [0.1, 0.15) is 28.8 Å². The van der Waals surface area contributed by atoms with Crippen molar-refractivity contribution in [2.45, 2.75) is 37.3 Å². The number of fused-ring (bicyclic) bond motifs is 1. The highest BCUT2D eigenvalue weighted by molar-refractivity contribution is 8.00. The fourth-order valence-electron chi connectivity index (χ4n) is 3.95. The molecule has 1 aliphatic rings. The van der Waals surface area contributed by atoms with Crippen LogP contribution in [0.4, 0.5) is 0 Å². The van der Waals surface area contributed by atoms with Crippen LogP contribution in [0.2, 0.25) is 0 Å². The summed E-state index contributed by atoms with van der Waals surface area (Å²) in [5.41, 5.74) is 2.77. The van der Waals surface area contributed by atoms with Crippen LogP contribution in [0.25, 0.3) is 10.9 Å². The Kier molecular flexibility index (Phi) is 7.50. The molecule has 1 aliphatic heterocycles. The lowest BCUT2D eigenvalue weighted by Crippen LogP contribution is -2.32. The van der Waals surface area contributed by atoms with Gasteiger partial charge in [-0.25, -0.2) is 0 Å². The largest absolute Gasteiger partial charge is 0.376 e. The number of para-hydroxylation sites is 1. The standard InChI is InChI=1S/C25H29N3O3S/c1-18-7-2-3-9-20(18)25(30)26-12-13-28-16-23(21-10-4-5-11-22(21)28)32-17-24(29)27-15-19-8-6-14-31-19/h2-5,7,9-11,16,19H,6,8,12-15,17H2,1H3,(H,26,30)(H,27,29)/t19-/m1/s1. The molecular weight excluding hydrogens is 422 g/mol. The zero-order valence-electron chi connectivity index (χ0n) is 18.3. The first-order valence-electron chi connectivity index (χ1n) is 11.0. The van der Waals surface area contributed by atoms with Gasteiger partial charge in [0, 0.05) is 53.8 Å². The third-order valence-electron chi connectivity index (χ3n) is 5.69. The summed E-state index contributed by atoms with van der Waals surface area (Å²) in [6.45, 7) is 4.50.